The predicted octanol–water partition coefficient (Wildman–Crippen LogP) is 2.25. The van der Waals surface area contributed by atoms with Gasteiger partial charge in [0, 0.05) is 11.8 Å². The Balaban J connectivity index is 1.76. The van der Waals surface area contributed by atoms with Crippen LogP contribution in [-0.4, -0.2) is 30.0 Å². The SMILES string of the molecule is O=C(CNC1CCCSC1)Nc1ccccc1F. The Kier molecular flexibility index (Phi) is 5.01. The molecule has 5 heteroatoms. The van der Waals surface area contributed by atoms with Crippen LogP contribution in [0.3, 0.4) is 0 Å². The van der Waals surface area contributed by atoms with Gasteiger partial charge in [-0.1, -0.05) is 12.1 Å². The number of amides is 1. The zero-order valence-corrected chi connectivity index (χ0v) is 10.9. The highest BCUT2D eigenvalue weighted by molar-refractivity contribution is 7.99. The van der Waals surface area contributed by atoms with E-state index in [1.807, 2.05) is 11.8 Å². The van der Waals surface area contributed by atoms with Gasteiger partial charge in [-0.3, -0.25) is 4.79 Å². The van der Waals surface area contributed by atoms with Crippen LogP contribution in [0.1, 0.15) is 12.8 Å². The number of para-hydroxylation sites is 1. The molecule has 0 spiro atoms. The average Bonchev–Trinajstić information content (AvgIpc) is 2.40. The number of anilines is 1. The smallest absolute Gasteiger partial charge is 0.238 e. The molecule has 2 N–H and O–H groups in total. The number of carbonyl (C=O) groups excluding carboxylic acids is 1. The molecule has 0 aromatic heterocycles. The summed E-state index contributed by atoms with van der Waals surface area (Å²) in [7, 11) is 0. The van der Waals surface area contributed by atoms with E-state index in [0.29, 0.717) is 6.04 Å². The number of halogens is 1. The first kappa shape index (κ1) is 13.4. The van der Waals surface area contributed by atoms with Gasteiger partial charge in [-0.05, 0) is 30.7 Å². The van der Waals surface area contributed by atoms with Gasteiger partial charge in [-0.2, -0.15) is 11.8 Å². The molecule has 0 radical (unpaired) electrons. The van der Waals surface area contributed by atoms with Crippen LogP contribution in [-0.2, 0) is 4.79 Å². The Bertz CT molecular complexity index is 408. The minimum atomic E-state index is -0.404. The van der Waals surface area contributed by atoms with Crippen LogP contribution in [0.5, 0.6) is 0 Å². The van der Waals surface area contributed by atoms with Gasteiger partial charge in [0.15, 0.2) is 0 Å². The molecule has 0 aliphatic carbocycles. The maximum Gasteiger partial charge on any atom is 0.238 e. The molecule has 1 atom stereocenters. The second kappa shape index (κ2) is 6.75. The highest BCUT2D eigenvalue weighted by Gasteiger charge is 2.14. The maximum absolute atomic E-state index is 13.3. The molecule has 1 amide bonds. The molecule has 1 unspecified atom stereocenters. The Morgan fingerprint density at radius 3 is 3.00 bits per heavy atom. The van der Waals surface area contributed by atoms with Crippen molar-refractivity contribution in [3.05, 3.63) is 30.1 Å². The van der Waals surface area contributed by atoms with Crippen molar-refractivity contribution in [2.45, 2.75) is 18.9 Å². The van der Waals surface area contributed by atoms with Crippen LogP contribution in [0.15, 0.2) is 24.3 Å². The number of hydrogen-bond acceptors (Lipinski definition) is 3. The van der Waals surface area contributed by atoms with Crippen LogP contribution >= 0.6 is 11.8 Å². The molecule has 1 aromatic carbocycles. The zero-order chi connectivity index (χ0) is 12.8. The number of benzene rings is 1. The largest absolute Gasteiger partial charge is 0.322 e. The fourth-order valence-electron chi connectivity index (χ4n) is 1.90. The Hall–Kier alpha value is -1.07. The van der Waals surface area contributed by atoms with Crippen molar-refractivity contribution >= 4 is 23.4 Å². The highest BCUT2D eigenvalue weighted by atomic mass is 32.2. The van der Waals surface area contributed by atoms with Gasteiger partial charge >= 0.3 is 0 Å². The molecule has 1 aromatic rings. The van der Waals surface area contributed by atoms with E-state index in [-0.39, 0.29) is 18.1 Å². The third kappa shape index (κ3) is 3.99. The van der Waals surface area contributed by atoms with Crippen LogP contribution in [0.2, 0.25) is 0 Å². The van der Waals surface area contributed by atoms with Crippen molar-refractivity contribution in [3.63, 3.8) is 0 Å². The summed E-state index contributed by atoms with van der Waals surface area (Å²) in [5.41, 5.74) is 0.238. The summed E-state index contributed by atoms with van der Waals surface area (Å²) in [5, 5.41) is 5.77. The molecule has 1 aliphatic heterocycles. The van der Waals surface area contributed by atoms with Gasteiger partial charge < -0.3 is 10.6 Å². The second-order valence-corrected chi connectivity index (χ2v) is 5.47. The van der Waals surface area contributed by atoms with Crippen molar-refractivity contribution in [1.82, 2.24) is 5.32 Å². The molecular weight excluding hydrogens is 251 g/mol. The van der Waals surface area contributed by atoms with E-state index in [1.54, 1.807) is 18.2 Å². The first-order valence-electron chi connectivity index (χ1n) is 6.11. The van der Waals surface area contributed by atoms with E-state index in [9.17, 15) is 9.18 Å². The van der Waals surface area contributed by atoms with Gasteiger partial charge in [0.05, 0.1) is 12.2 Å². The lowest BCUT2D eigenvalue weighted by Crippen LogP contribution is -2.39. The third-order valence-corrected chi connectivity index (χ3v) is 4.07. The lowest BCUT2D eigenvalue weighted by Gasteiger charge is -2.22. The van der Waals surface area contributed by atoms with Gasteiger partial charge in [0.1, 0.15) is 5.82 Å². The zero-order valence-electron chi connectivity index (χ0n) is 10.1. The lowest BCUT2D eigenvalue weighted by molar-refractivity contribution is -0.115. The summed E-state index contributed by atoms with van der Waals surface area (Å²) in [6, 6.07) is 6.59. The number of thioether (sulfide) groups is 1. The lowest BCUT2D eigenvalue weighted by atomic mass is 10.2. The quantitative estimate of drug-likeness (QED) is 0.880. The second-order valence-electron chi connectivity index (χ2n) is 4.32. The minimum absolute atomic E-state index is 0.198. The fourth-order valence-corrected chi connectivity index (χ4v) is 3.00. The predicted molar refractivity (Wildman–Crippen MR) is 73.4 cm³/mol. The number of hydrogen-bond donors (Lipinski definition) is 2. The summed E-state index contributed by atoms with van der Waals surface area (Å²) in [5.74, 6) is 1.65. The summed E-state index contributed by atoms with van der Waals surface area (Å²) < 4.78 is 13.3. The van der Waals surface area contributed by atoms with Crippen molar-refractivity contribution in [2.75, 3.05) is 23.4 Å². The normalized spacial score (nSPS) is 19.5. The van der Waals surface area contributed by atoms with E-state index in [1.165, 1.54) is 18.2 Å². The maximum atomic E-state index is 13.3. The number of nitrogens with one attached hydrogen (secondary N) is 2. The summed E-state index contributed by atoms with van der Waals surface area (Å²) >= 11 is 1.91. The van der Waals surface area contributed by atoms with Gasteiger partial charge in [-0.25, -0.2) is 4.39 Å². The van der Waals surface area contributed by atoms with E-state index in [0.717, 1.165) is 12.2 Å². The molecule has 0 saturated carbocycles. The molecule has 1 fully saturated rings. The molecule has 1 saturated heterocycles. The molecule has 1 heterocycles. The molecule has 1 aliphatic rings. The van der Waals surface area contributed by atoms with E-state index >= 15 is 0 Å². The Morgan fingerprint density at radius 1 is 1.44 bits per heavy atom. The number of carbonyl (C=O) groups is 1. The van der Waals surface area contributed by atoms with Crippen LogP contribution in [0.25, 0.3) is 0 Å². The molecular formula is C13H17FN2OS. The highest BCUT2D eigenvalue weighted by Crippen LogP contribution is 2.16. The molecule has 3 nitrogen and oxygen atoms in total. The van der Waals surface area contributed by atoms with E-state index in [2.05, 4.69) is 10.6 Å². The molecule has 0 bridgehead atoms. The van der Waals surface area contributed by atoms with Crippen molar-refractivity contribution in [3.8, 4) is 0 Å². The fraction of sp³-hybridized carbons (Fsp3) is 0.462. The van der Waals surface area contributed by atoms with Gasteiger partial charge in [0.25, 0.3) is 0 Å². The number of rotatable bonds is 4. The third-order valence-electron chi connectivity index (χ3n) is 2.86. The van der Waals surface area contributed by atoms with Crippen molar-refractivity contribution in [1.29, 1.82) is 0 Å². The topological polar surface area (TPSA) is 41.1 Å². The first-order chi connectivity index (χ1) is 8.75. The first-order valence-corrected chi connectivity index (χ1v) is 7.26. The molecule has 98 valence electrons. The van der Waals surface area contributed by atoms with Crippen LogP contribution < -0.4 is 10.6 Å². The monoisotopic (exact) mass is 268 g/mol. The summed E-state index contributed by atoms with van der Waals surface area (Å²) in [6.45, 7) is 0.236. The van der Waals surface area contributed by atoms with Gasteiger partial charge in [-0.15, -0.1) is 0 Å². The Labute approximate surface area is 111 Å². The van der Waals surface area contributed by atoms with Crippen LogP contribution in [0.4, 0.5) is 10.1 Å². The molecule has 18 heavy (non-hydrogen) atoms. The van der Waals surface area contributed by atoms with Crippen molar-refractivity contribution in [2.24, 2.45) is 0 Å². The standard InChI is InChI=1S/C13H17FN2OS/c14-11-5-1-2-6-12(11)16-13(17)8-15-10-4-3-7-18-9-10/h1-2,5-6,10,15H,3-4,7-9H2,(H,16,17). The summed E-state index contributed by atoms with van der Waals surface area (Å²) in [4.78, 5) is 11.7. The van der Waals surface area contributed by atoms with E-state index < -0.39 is 5.82 Å². The molecule has 2 rings (SSSR count). The Morgan fingerprint density at radius 2 is 2.28 bits per heavy atom. The van der Waals surface area contributed by atoms with Crippen LogP contribution in [0, 0.1) is 5.82 Å². The van der Waals surface area contributed by atoms with Gasteiger partial charge in [0.2, 0.25) is 5.91 Å². The minimum Gasteiger partial charge on any atom is -0.322 e. The van der Waals surface area contributed by atoms with E-state index in [4.69, 9.17) is 0 Å². The average molecular weight is 268 g/mol. The van der Waals surface area contributed by atoms with Crippen molar-refractivity contribution < 1.29 is 9.18 Å². The summed E-state index contributed by atoms with van der Waals surface area (Å²) in [6.07, 6.45) is 2.30.